The van der Waals surface area contributed by atoms with Gasteiger partial charge >= 0.3 is 5.97 Å². The van der Waals surface area contributed by atoms with Gasteiger partial charge < -0.3 is 14.8 Å². The van der Waals surface area contributed by atoms with E-state index in [0.29, 0.717) is 5.75 Å². The zero-order valence-corrected chi connectivity index (χ0v) is 12.4. The molecule has 0 fully saturated rings. The van der Waals surface area contributed by atoms with Gasteiger partial charge in [-0.15, -0.1) is 0 Å². The van der Waals surface area contributed by atoms with Crippen molar-refractivity contribution in [3.63, 3.8) is 0 Å². The minimum absolute atomic E-state index is 0.145. The van der Waals surface area contributed by atoms with Crippen LogP contribution in [0.4, 0.5) is 0 Å². The molecule has 0 heterocycles. The Morgan fingerprint density at radius 2 is 2.00 bits per heavy atom. The van der Waals surface area contributed by atoms with Crippen molar-refractivity contribution in [2.45, 2.75) is 32.7 Å². The molecule has 1 aromatic rings. The molecule has 1 rings (SSSR count). The normalized spacial score (nSPS) is 10.8. The van der Waals surface area contributed by atoms with Gasteiger partial charge in [0.05, 0.1) is 7.11 Å². The molecule has 0 aliphatic rings. The molecule has 0 aliphatic heterocycles. The summed E-state index contributed by atoms with van der Waals surface area (Å²) in [6.07, 6.45) is 0.902. The fourth-order valence-electron chi connectivity index (χ4n) is 1.69. The molecule has 5 nitrogen and oxygen atoms in total. The van der Waals surface area contributed by atoms with Gasteiger partial charge in [0.1, 0.15) is 11.3 Å². The second-order valence-corrected chi connectivity index (χ2v) is 4.95. The third-order valence-electron chi connectivity index (χ3n) is 2.82. The Balaban J connectivity index is 2.53. The molecule has 0 saturated carbocycles. The first-order valence-corrected chi connectivity index (χ1v) is 6.50. The molecule has 0 aromatic heterocycles. The van der Waals surface area contributed by atoms with Gasteiger partial charge in [0.25, 0.3) is 5.91 Å². The van der Waals surface area contributed by atoms with Crippen LogP contribution in [0.5, 0.6) is 5.75 Å². The summed E-state index contributed by atoms with van der Waals surface area (Å²) in [6, 6.07) is 7.55. The van der Waals surface area contributed by atoms with E-state index in [9.17, 15) is 9.59 Å². The summed E-state index contributed by atoms with van der Waals surface area (Å²) >= 11 is 0. The van der Waals surface area contributed by atoms with E-state index >= 15 is 0 Å². The number of benzene rings is 1. The van der Waals surface area contributed by atoms with Crippen molar-refractivity contribution in [1.29, 1.82) is 0 Å². The number of carbonyl (C=O) groups is 2. The Hall–Kier alpha value is -2.04. The minimum atomic E-state index is -1.07. The van der Waals surface area contributed by atoms with Gasteiger partial charge in [-0.3, -0.25) is 4.79 Å². The van der Waals surface area contributed by atoms with E-state index in [2.05, 4.69) is 10.1 Å². The van der Waals surface area contributed by atoms with Gasteiger partial charge in [-0.05, 0) is 38.0 Å². The molecule has 0 spiro atoms. The summed E-state index contributed by atoms with van der Waals surface area (Å²) in [4.78, 5) is 23.2. The van der Waals surface area contributed by atoms with Crippen LogP contribution in [0.1, 0.15) is 26.3 Å². The van der Waals surface area contributed by atoms with Gasteiger partial charge in [0, 0.05) is 0 Å². The quantitative estimate of drug-likeness (QED) is 0.805. The topological polar surface area (TPSA) is 64.6 Å². The summed E-state index contributed by atoms with van der Waals surface area (Å²) in [6.45, 7) is 5.06. The molecule has 1 N–H and O–H groups in total. The van der Waals surface area contributed by atoms with E-state index in [1.807, 2.05) is 25.1 Å². The molecular weight excluding hydrogens is 258 g/mol. The Kier molecular flexibility index (Phi) is 5.55. The fourth-order valence-corrected chi connectivity index (χ4v) is 1.69. The van der Waals surface area contributed by atoms with Crippen molar-refractivity contribution in [2.75, 3.05) is 13.7 Å². The maximum atomic E-state index is 11.8. The summed E-state index contributed by atoms with van der Waals surface area (Å²) in [7, 11) is 1.28. The Labute approximate surface area is 119 Å². The number of hydrogen-bond acceptors (Lipinski definition) is 4. The third-order valence-corrected chi connectivity index (χ3v) is 2.82. The van der Waals surface area contributed by atoms with Gasteiger partial charge in [0.2, 0.25) is 0 Å². The van der Waals surface area contributed by atoms with Gasteiger partial charge in [0.15, 0.2) is 6.61 Å². The van der Waals surface area contributed by atoms with E-state index in [0.717, 1.165) is 12.0 Å². The number of esters is 1. The standard InChI is InChI=1S/C15H21NO4/c1-5-11-7-6-8-12(9-11)20-10-13(17)16-15(2,3)14(18)19-4/h6-9H,5,10H2,1-4H3,(H,16,17). The maximum Gasteiger partial charge on any atom is 0.330 e. The average molecular weight is 279 g/mol. The highest BCUT2D eigenvalue weighted by Crippen LogP contribution is 2.13. The molecule has 5 heteroatoms. The molecular formula is C15H21NO4. The van der Waals surface area contributed by atoms with Crippen molar-refractivity contribution in [2.24, 2.45) is 0 Å². The molecule has 0 unspecified atom stereocenters. The number of carbonyl (C=O) groups excluding carboxylic acids is 2. The lowest BCUT2D eigenvalue weighted by molar-refractivity contribution is -0.149. The lowest BCUT2D eigenvalue weighted by atomic mass is 10.1. The predicted molar refractivity (Wildman–Crippen MR) is 75.6 cm³/mol. The number of nitrogens with one attached hydrogen (secondary N) is 1. The molecule has 110 valence electrons. The van der Waals surface area contributed by atoms with Crippen molar-refractivity contribution >= 4 is 11.9 Å². The van der Waals surface area contributed by atoms with E-state index < -0.39 is 11.5 Å². The monoisotopic (exact) mass is 279 g/mol. The molecule has 0 bridgehead atoms. The Bertz CT molecular complexity index is 483. The Morgan fingerprint density at radius 1 is 1.30 bits per heavy atom. The van der Waals surface area contributed by atoms with Crippen molar-refractivity contribution < 1.29 is 19.1 Å². The lowest BCUT2D eigenvalue weighted by Crippen LogP contribution is -2.51. The number of rotatable bonds is 6. The Morgan fingerprint density at radius 3 is 2.60 bits per heavy atom. The van der Waals surface area contributed by atoms with Crippen LogP contribution in [-0.2, 0) is 20.7 Å². The number of ether oxygens (including phenoxy) is 2. The molecule has 1 aromatic carbocycles. The molecule has 20 heavy (non-hydrogen) atoms. The van der Waals surface area contributed by atoms with Crippen LogP contribution in [0.2, 0.25) is 0 Å². The average Bonchev–Trinajstić information content (AvgIpc) is 2.44. The largest absolute Gasteiger partial charge is 0.484 e. The fraction of sp³-hybridized carbons (Fsp3) is 0.467. The molecule has 0 saturated heterocycles. The van der Waals surface area contributed by atoms with Crippen LogP contribution in [0.3, 0.4) is 0 Å². The first-order valence-electron chi connectivity index (χ1n) is 6.50. The first kappa shape index (κ1) is 16.0. The number of methoxy groups -OCH3 is 1. The van der Waals surface area contributed by atoms with Crippen molar-refractivity contribution in [1.82, 2.24) is 5.32 Å². The lowest BCUT2D eigenvalue weighted by Gasteiger charge is -2.23. The van der Waals surface area contributed by atoms with Gasteiger partial charge in [-0.1, -0.05) is 19.1 Å². The zero-order chi connectivity index (χ0) is 15.2. The zero-order valence-electron chi connectivity index (χ0n) is 12.4. The highest BCUT2D eigenvalue weighted by molar-refractivity contribution is 5.87. The SMILES string of the molecule is CCc1cccc(OCC(=O)NC(C)(C)C(=O)OC)c1. The van der Waals surface area contributed by atoms with Crippen LogP contribution in [0.25, 0.3) is 0 Å². The minimum Gasteiger partial charge on any atom is -0.484 e. The van der Waals surface area contributed by atoms with Crippen LogP contribution >= 0.6 is 0 Å². The summed E-state index contributed by atoms with van der Waals surface area (Å²) in [5.41, 5.74) is 0.0679. The van der Waals surface area contributed by atoms with Crippen molar-refractivity contribution in [3.05, 3.63) is 29.8 Å². The number of amides is 1. The van der Waals surface area contributed by atoms with Crippen LogP contribution < -0.4 is 10.1 Å². The maximum absolute atomic E-state index is 11.8. The van der Waals surface area contributed by atoms with E-state index in [1.54, 1.807) is 19.9 Å². The second-order valence-electron chi connectivity index (χ2n) is 4.95. The van der Waals surface area contributed by atoms with Gasteiger partial charge in [-0.2, -0.15) is 0 Å². The van der Waals surface area contributed by atoms with Crippen LogP contribution in [0.15, 0.2) is 24.3 Å². The summed E-state index contributed by atoms with van der Waals surface area (Å²) in [5.74, 6) is -0.239. The molecule has 0 atom stereocenters. The first-order chi connectivity index (χ1) is 9.39. The van der Waals surface area contributed by atoms with Crippen LogP contribution in [-0.4, -0.2) is 31.1 Å². The van der Waals surface area contributed by atoms with E-state index in [1.165, 1.54) is 7.11 Å². The molecule has 0 aliphatic carbocycles. The van der Waals surface area contributed by atoms with Crippen LogP contribution in [0, 0.1) is 0 Å². The second kappa shape index (κ2) is 6.93. The highest BCUT2D eigenvalue weighted by Gasteiger charge is 2.30. The van der Waals surface area contributed by atoms with E-state index in [-0.39, 0.29) is 12.5 Å². The summed E-state index contributed by atoms with van der Waals surface area (Å²) in [5, 5.41) is 2.57. The van der Waals surface area contributed by atoms with Crippen molar-refractivity contribution in [3.8, 4) is 5.75 Å². The smallest absolute Gasteiger partial charge is 0.330 e. The predicted octanol–water partition coefficient (Wildman–Crippen LogP) is 1.70. The summed E-state index contributed by atoms with van der Waals surface area (Å²) < 4.78 is 10.0. The number of aryl methyl sites for hydroxylation is 1. The molecule has 0 radical (unpaired) electrons. The third kappa shape index (κ3) is 4.57. The highest BCUT2D eigenvalue weighted by atomic mass is 16.5. The molecule has 1 amide bonds. The van der Waals surface area contributed by atoms with E-state index in [4.69, 9.17) is 4.74 Å². The number of hydrogen-bond donors (Lipinski definition) is 1. The van der Waals surface area contributed by atoms with Gasteiger partial charge in [-0.25, -0.2) is 4.79 Å².